The molecule has 0 aliphatic carbocycles. The number of rotatable bonds is 7. The molecule has 154 valence electrons. The number of nitrogens with two attached hydrogens (primary N) is 1. The van der Waals surface area contributed by atoms with Crippen LogP contribution in [0.15, 0.2) is 85.6 Å². The van der Waals surface area contributed by atoms with Crippen LogP contribution >= 0.6 is 0 Å². The first-order valence-corrected chi connectivity index (χ1v) is 10.4. The third kappa shape index (κ3) is 4.20. The van der Waals surface area contributed by atoms with E-state index in [-0.39, 0.29) is 6.04 Å². The molecule has 1 atom stereocenters. The van der Waals surface area contributed by atoms with Gasteiger partial charge in [0, 0.05) is 58.5 Å². The topological polar surface area (TPSA) is 91.7 Å². The molecule has 0 aliphatic heterocycles. The Morgan fingerprint density at radius 1 is 0.903 bits per heavy atom. The lowest BCUT2D eigenvalue weighted by Crippen LogP contribution is -2.31. The van der Waals surface area contributed by atoms with Crippen molar-refractivity contribution in [2.45, 2.75) is 12.5 Å². The number of hydrogen-bond donors (Lipinski definition) is 4. The molecule has 6 heteroatoms. The Morgan fingerprint density at radius 3 is 2.77 bits per heavy atom. The Balaban J connectivity index is 1.25. The molecule has 5 N–H and O–H groups in total. The molecule has 6 nitrogen and oxygen atoms in total. The van der Waals surface area contributed by atoms with Crippen LogP contribution in [0.1, 0.15) is 5.56 Å². The monoisotopic (exact) mass is 408 g/mol. The van der Waals surface area contributed by atoms with Crippen LogP contribution in [0, 0.1) is 0 Å². The molecular formula is C25H24N6. The fourth-order valence-corrected chi connectivity index (χ4v) is 3.90. The number of H-pyrrole nitrogens is 1. The number of benzene rings is 2. The molecule has 0 bridgehead atoms. The normalized spacial score (nSPS) is 12.2. The quantitative estimate of drug-likeness (QED) is 0.309. The van der Waals surface area contributed by atoms with Gasteiger partial charge in [-0.15, -0.1) is 0 Å². The zero-order chi connectivity index (χ0) is 21.0. The van der Waals surface area contributed by atoms with E-state index in [0.29, 0.717) is 6.54 Å². The van der Waals surface area contributed by atoms with Gasteiger partial charge in [0.05, 0.1) is 23.8 Å². The second kappa shape index (κ2) is 8.45. The summed E-state index contributed by atoms with van der Waals surface area (Å²) in [5, 5.41) is 10.3. The number of para-hydroxylation sites is 1. The Morgan fingerprint density at radius 2 is 1.81 bits per heavy atom. The van der Waals surface area contributed by atoms with Gasteiger partial charge < -0.3 is 21.4 Å². The summed E-state index contributed by atoms with van der Waals surface area (Å²) in [6.07, 6.45) is 10.2. The first kappa shape index (κ1) is 19.1. The number of aromatic amines is 1. The second-order valence-corrected chi connectivity index (χ2v) is 7.69. The van der Waals surface area contributed by atoms with E-state index in [2.05, 4.69) is 62.1 Å². The van der Waals surface area contributed by atoms with E-state index < -0.39 is 0 Å². The number of nitrogens with one attached hydrogen (secondary N) is 3. The Hall–Kier alpha value is -3.90. The van der Waals surface area contributed by atoms with Crippen LogP contribution in [-0.4, -0.2) is 27.5 Å². The highest BCUT2D eigenvalue weighted by Crippen LogP contribution is 2.26. The lowest BCUT2D eigenvalue weighted by molar-refractivity contribution is 0.702. The van der Waals surface area contributed by atoms with Crippen LogP contribution < -0.4 is 16.4 Å². The van der Waals surface area contributed by atoms with E-state index in [1.807, 2.05) is 42.9 Å². The molecule has 0 radical (unpaired) electrons. The van der Waals surface area contributed by atoms with Crippen LogP contribution in [0.3, 0.4) is 0 Å². The van der Waals surface area contributed by atoms with Gasteiger partial charge in [0.2, 0.25) is 0 Å². The van der Waals surface area contributed by atoms with Gasteiger partial charge in [-0.2, -0.15) is 0 Å². The van der Waals surface area contributed by atoms with Crippen LogP contribution in [-0.2, 0) is 6.42 Å². The van der Waals surface area contributed by atoms with E-state index in [0.717, 1.165) is 39.8 Å². The van der Waals surface area contributed by atoms with Crippen molar-refractivity contribution in [3.05, 3.63) is 91.1 Å². The predicted molar refractivity (Wildman–Crippen MR) is 128 cm³/mol. The molecule has 3 aromatic heterocycles. The standard InChI is InChI=1S/C25H24N6/c26-19(10-18-13-30-24-6-2-1-5-22(18)24)14-29-20-11-21(16-28-15-20)31-25-7-3-4-17-12-27-9-8-23(17)25/h1-9,11-13,15-16,19,29-31H,10,14,26H2. The highest BCUT2D eigenvalue weighted by molar-refractivity contribution is 5.94. The summed E-state index contributed by atoms with van der Waals surface area (Å²) in [7, 11) is 0. The summed E-state index contributed by atoms with van der Waals surface area (Å²) in [6.45, 7) is 0.657. The van der Waals surface area contributed by atoms with Crippen LogP contribution in [0.25, 0.3) is 21.7 Å². The van der Waals surface area contributed by atoms with Crippen molar-refractivity contribution in [2.75, 3.05) is 17.2 Å². The number of anilines is 3. The summed E-state index contributed by atoms with van der Waals surface area (Å²) in [4.78, 5) is 11.9. The van der Waals surface area contributed by atoms with Gasteiger partial charge in [0.1, 0.15) is 0 Å². The highest BCUT2D eigenvalue weighted by Gasteiger charge is 2.09. The lowest BCUT2D eigenvalue weighted by atomic mass is 10.1. The molecular weight excluding hydrogens is 384 g/mol. The molecule has 0 aliphatic rings. The highest BCUT2D eigenvalue weighted by atomic mass is 14.9. The minimum Gasteiger partial charge on any atom is -0.382 e. The van der Waals surface area contributed by atoms with Crippen molar-refractivity contribution in [2.24, 2.45) is 5.73 Å². The number of nitrogens with zero attached hydrogens (tertiary/aromatic N) is 2. The Bertz CT molecular complexity index is 1320. The number of fused-ring (bicyclic) bond motifs is 2. The molecule has 2 aromatic carbocycles. The van der Waals surface area contributed by atoms with E-state index in [1.54, 1.807) is 6.20 Å². The molecule has 0 saturated carbocycles. The number of aromatic nitrogens is 3. The minimum atomic E-state index is -0.0126. The molecule has 5 rings (SSSR count). The van der Waals surface area contributed by atoms with E-state index in [1.165, 1.54) is 10.9 Å². The summed E-state index contributed by atoms with van der Waals surface area (Å²) >= 11 is 0. The maximum absolute atomic E-state index is 6.41. The maximum atomic E-state index is 6.41. The molecule has 0 spiro atoms. The maximum Gasteiger partial charge on any atom is 0.0591 e. The van der Waals surface area contributed by atoms with Crippen LogP contribution in [0.4, 0.5) is 17.1 Å². The Kier molecular flexibility index (Phi) is 5.21. The third-order valence-electron chi connectivity index (χ3n) is 5.42. The fourth-order valence-electron chi connectivity index (χ4n) is 3.90. The summed E-state index contributed by atoms with van der Waals surface area (Å²) in [5.41, 5.74) is 11.7. The van der Waals surface area contributed by atoms with Crippen molar-refractivity contribution >= 4 is 38.7 Å². The van der Waals surface area contributed by atoms with Crippen LogP contribution in [0.2, 0.25) is 0 Å². The van der Waals surface area contributed by atoms with Gasteiger partial charge in [-0.25, -0.2) is 0 Å². The SMILES string of the molecule is NC(CNc1cncc(Nc2cccc3cnccc23)c1)Cc1c[nH]c2ccccc12. The van der Waals surface area contributed by atoms with E-state index in [4.69, 9.17) is 5.73 Å². The average Bonchev–Trinajstić information content (AvgIpc) is 3.21. The predicted octanol–water partition coefficient (Wildman–Crippen LogP) is 4.84. The molecule has 3 heterocycles. The van der Waals surface area contributed by atoms with E-state index in [9.17, 15) is 0 Å². The van der Waals surface area contributed by atoms with Crippen LogP contribution in [0.5, 0.6) is 0 Å². The molecule has 0 amide bonds. The van der Waals surface area contributed by atoms with Crippen molar-refractivity contribution in [1.29, 1.82) is 0 Å². The molecule has 0 fully saturated rings. The minimum absolute atomic E-state index is 0.0126. The van der Waals surface area contributed by atoms with Gasteiger partial charge >= 0.3 is 0 Å². The zero-order valence-electron chi connectivity index (χ0n) is 17.0. The molecule has 5 aromatic rings. The summed E-state index contributed by atoms with van der Waals surface area (Å²) in [6, 6.07) is 18.5. The zero-order valence-corrected chi connectivity index (χ0v) is 17.0. The molecule has 31 heavy (non-hydrogen) atoms. The largest absolute Gasteiger partial charge is 0.382 e. The number of hydrogen-bond acceptors (Lipinski definition) is 5. The van der Waals surface area contributed by atoms with Gasteiger partial charge in [-0.05, 0) is 36.2 Å². The first-order valence-electron chi connectivity index (χ1n) is 10.4. The van der Waals surface area contributed by atoms with Gasteiger partial charge in [0.15, 0.2) is 0 Å². The second-order valence-electron chi connectivity index (χ2n) is 7.69. The first-order chi connectivity index (χ1) is 15.3. The molecule has 0 saturated heterocycles. The fraction of sp³-hybridized carbons (Fsp3) is 0.120. The number of pyridine rings is 2. The van der Waals surface area contributed by atoms with E-state index >= 15 is 0 Å². The van der Waals surface area contributed by atoms with Gasteiger partial charge in [-0.3, -0.25) is 9.97 Å². The van der Waals surface area contributed by atoms with Gasteiger partial charge in [0.25, 0.3) is 0 Å². The van der Waals surface area contributed by atoms with Crippen molar-refractivity contribution in [3.63, 3.8) is 0 Å². The summed E-state index contributed by atoms with van der Waals surface area (Å²) < 4.78 is 0. The third-order valence-corrected chi connectivity index (χ3v) is 5.42. The smallest absolute Gasteiger partial charge is 0.0591 e. The van der Waals surface area contributed by atoms with Crippen molar-refractivity contribution < 1.29 is 0 Å². The molecule has 1 unspecified atom stereocenters. The summed E-state index contributed by atoms with van der Waals surface area (Å²) in [5.74, 6) is 0. The average molecular weight is 409 g/mol. The lowest BCUT2D eigenvalue weighted by Gasteiger charge is -2.15. The Labute approximate surface area is 180 Å². The van der Waals surface area contributed by atoms with Gasteiger partial charge in [-0.1, -0.05) is 30.3 Å². The van der Waals surface area contributed by atoms with Crippen molar-refractivity contribution in [1.82, 2.24) is 15.0 Å². The van der Waals surface area contributed by atoms with Crippen molar-refractivity contribution in [3.8, 4) is 0 Å².